The van der Waals surface area contributed by atoms with E-state index in [9.17, 15) is 0 Å². The van der Waals surface area contributed by atoms with Crippen LogP contribution in [0.4, 0.5) is 4.39 Å². The summed E-state index contributed by atoms with van der Waals surface area (Å²) < 4.78 is 26.5. The van der Waals surface area contributed by atoms with Gasteiger partial charge in [0.1, 0.15) is 23.2 Å². The van der Waals surface area contributed by atoms with E-state index in [-0.39, 0.29) is 17.9 Å². The first-order valence-electron chi connectivity index (χ1n) is 8.87. The summed E-state index contributed by atoms with van der Waals surface area (Å²) in [6.07, 6.45) is 3.03. The Hall–Kier alpha value is -3.89. The number of halogens is 2. The van der Waals surface area contributed by atoms with E-state index < -0.39 is 5.82 Å². The van der Waals surface area contributed by atoms with Gasteiger partial charge in [-0.1, -0.05) is 23.7 Å². The second kappa shape index (κ2) is 8.64. The molecule has 30 heavy (non-hydrogen) atoms. The van der Waals surface area contributed by atoms with E-state index in [1.807, 2.05) is 6.07 Å². The maximum Gasteiger partial charge on any atom is 0.174 e. The molecule has 0 amide bonds. The smallest absolute Gasteiger partial charge is 0.174 e. The van der Waals surface area contributed by atoms with E-state index in [0.717, 1.165) is 5.56 Å². The maximum absolute atomic E-state index is 15.1. The molecule has 0 aliphatic carbocycles. The number of aromatic amines is 1. The highest BCUT2D eigenvalue weighted by Gasteiger charge is 2.17. The Labute approximate surface area is 176 Å². The van der Waals surface area contributed by atoms with Crippen molar-refractivity contribution in [3.63, 3.8) is 0 Å². The first-order valence-corrected chi connectivity index (χ1v) is 9.25. The van der Waals surface area contributed by atoms with Crippen LogP contribution in [0.15, 0.2) is 67.0 Å². The van der Waals surface area contributed by atoms with Crippen LogP contribution in [0, 0.1) is 17.1 Å². The van der Waals surface area contributed by atoms with Gasteiger partial charge < -0.3 is 9.47 Å². The molecule has 0 saturated heterocycles. The van der Waals surface area contributed by atoms with Crippen molar-refractivity contribution in [2.45, 2.75) is 6.61 Å². The third-order valence-electron chi connectivity index (χ3n) is 4.23. The summed E-state index contributed by atoms with van der Waals surface area (Å²) in [7, 11) is 0. The lowest BCUT2D eigenvalue weighted by Crippen LogP contribution is -1.99. The monoisotopic (exact) mass is 420 g/mol. The Morgan fingerprint density at radius 3 is 2.60 bits per heavy atom. The molecule has 0 spiro atoms. The van der Waals surface area contributed by atoms with E-state index in [0.29, 0.717) is 27.9 Å². The zero-order valence-electron chi connectivity index (χ0n) is 15.5. The van der Waals surface area contributed by atoms with E-state index in [4.69, 9.17) is 26.3 Å². The molecule has 0 atom stereocenters. The molecule has 2 aromatic heterocycles. The molecule has 8 heteroatoms. The minimum Gasteiger partial charge on any atom is -0.486 e. The van der Waals surface area contributed by atoms with Gasteiger partial charge >= 0.3 is 0 Å². The van der Waals surface area contributed by atoms with Crippen LogP contribution in [-0.4, -0.2) is 15.2 Å². The van der Waals surface area contributed by atoms with Crippen LogP contribution in [-0.2, 0) is 6.61 Å². The number of hydrogen-bond acceptors (Lipinski definition) is 5. The average Bonchev–Trinajstić information content (AvgIpc) is 3.22. The number of nitriles is 1. The molecule has 6 nitrogen and oxygen atoms in total. The first kappa shape index (κ1) is 19.4. The fraction of sp³-hybridized carbons (Fsp3) is 0.0455. The summed E-state index contributed by atoms with van der Waals surface area (Å²) in [6, 6.07) is 16.9. The quantitative estimate of drug-likeness (QED) is 0.416. The molecular formula is C22H14ClFN4O2. The van der Waals surface area contributed by atoms with Crippen molar-refractivity contribution in [3.8, 4) is 34.6 Å². The molecule has 0 aliphatic rings. The Morgan fingerprint density at radius 1 is 1.03 bits per heavy atom. The van der Waals surface area contributed by atoms with Gasteiger partial charge in [-0.15, -0.1) is 0 Å². The van der Waals surface area contributed by atoms with Crippen LogP contribution < -0.4 is 9.47 Å². The van der Waals surface area contributed by atoms with Gasteiger partial charge in [0.15, 0.2) is 17.3 Å². The number of ether oxygens (including phenoxy) is 2. The molecule has 2 heterocycles. The molecule has 0 unspecified atom stereocenters. The van der Waals surface area contributed by atoms with E-state index in [2.05, 4.69) is 15.2 Å². The molecule has 0 bridgehead atoms. The predicted octanol–water partition coefficient (Wildman–Crippen LogP) is 5.51. The van der Waals surface area contributed by atoms with Crippen molar-refractivity contribution in [1.29, 1.82) is 5.26 Å². The van der Waals surface area contributed by atoms with Crippen molar-refractivity contribution in [3.05, 3.63) is 89.1 Å². The molecule has 2 aromatic carbocycles. The lowest BCUT2D eigenvalue weighted by Gasteiger charge is -2.11. The number of pyridine rings is 1. The minimum atomic E-state index is -0.548. The second-order valence-electron chi connectivity index (χ2n) is 6.24. The van der Waals surface area contributed by atoms with Crippen molar-refractivity contribution >= 4 is 11.6 Å². The molecule has 0 aliphatic heterocycles. The van der Waals surface area contributed by atoms with Gasteiger partial charge in [-0.2, -0.15) is 10.4 Å². The molecule has 0 saturated carbocycles. The largest absolute Gasteiger partial charge is 0.486 e. The zero-order chi connectivity index (χ0) is 20.9. The maximum atomic E-state index is 15.1. The second-order valence-corrected chi connectivity index (χ2v) is 6.63. The van der Waals surface area contributed by atoms with Gasteiger partial charge in [0.2, 0.25) is 0 Å². The summed E-state index contributed by atoms with van der Waals surface area (Å²) in [5.41, 5.74) is 1.90. The fourth-order valence-corrected chi connectivity index (χ4v) is 2.85. The van der Waals surface area contributed by atoms with Crippen LogP contribution in [0.5, 0.6) is 17.2 Å². The van der Waals surface area contributed by atoms with E-state index in [1.165, 1.54) is 6.20 Å². The molecular weight excluding hydrogens is 407 g/mol. The van der Waals surface area contributed by atoms with Crippen molar-refractivity contribution in [1.82, 2.24) is 15.2 Å². The normalized spacial score (nSPS) is 10.4. The van der Waals surface area contributed by atoms with Crippen LogP contribution in [0.25, 0.3) is 11.3 Å². The van der Waals surface area contributed by atoms with Crippen LogP contribution in [0.3, 0.4) is 0 Å². The van der Waals surface area contributed by atoms with Crippen LogP contribution >= 0.6 is 11.6 Å². The van der Waals surface area contributed by atoms with Gasteiger partial charge in [-0.05, 0) is 42.5 Å². The molecule has 0 radical (unpaired) electrons. The Bertz CT molecular complexity index is 1200. The first-order chi connectivity index (χ1) is 14.6. The lowest BCUT2D eigenvalue weighted by atomic mass is 10.1. The Balaban J connectivity index is 1.56. The molecule has 4 rings (SSSR count). The van der Waals surface area contributed by atoms with Crippen molar-refractivity contribution in [2.75, 3.05) is 0 Å². The summed E-state index contributed by atoms with van der Waals surface area (Å²) in [5, 5.41) is 16.0. The SMILES string of the molecule is N#Cc1ccc(Oc2cn[nH]c2-c2cccc(OCc3ccc(Cl)nc3)c2F)cc1. The number of H-pyrrole nitrogens is 1. The third-order valence-corrected chi connectivity index (χ3v) is 4.45. The van der Waals surface area contributed by atoms with E-state index >= 15 is 4.39 Å². The highest BCUT2D eigenvalue weighted by atomic mass is 35.5. The van der Waals surface area contributed by atoms with Gasteiger partial charge in [0.25, 0.3) is 0 Å². The van der Waals surface area contributed by atoms with Crippen molar-refractivity contribution < 1.29 is 13.9 Å². The Morgan fingerprint density at radius 2 is 1.87 bits per heavy atom. The standard InChI is InChI=1S/C22H14ClFN4O2/c23-20-9-6-15(11-26-20)13-29-18-3-1-2-17(21(18)24)22-19(12-27-28-22)30-16-7-4-14(10-25)5-8-16/h1-9,11-12H,13H2,(H,27,28). The topological polar surface area (TPSA) is 83.8 Å². The fourth-order valence-electron chi connectivity index (χ4n) is 2.74. The van der Waals surface area contributed by atoms with E-state index in [1.54, 1.807) is 60.8 Å². The summed E-state index contributed by atoms with van der Waals surface area (Å²) >= 11 is 5.77. The summed E-state index contributed by atoms with van der Waals surface area (Å²) in [4.78, 5) is 3.98. The Kier molecular flexibility index (Phi) is 5.59. The molecule has 4 aromatic rings. The van der Waals surface area contributed by atoms with Gasteiger partial charge in [-0.25, -0.2) is 9.37 Å². The molecule has 0 fully saturated rings. The summed E-state index contributed by atoms with van der Waals surface area (Å²) in [6.45, 7) is 0.141. The number of nitrogens with one attached hydrogen (secondary N) is 1. The lowest BCUT2D eigenvalue weighted by molar-refractivity contribution is 0.290. The highest BCUT2D eigenvalue weighted by molar-refractivity contribution is 6.29. The average molecular weight is 421 g/mol. The van der Waals surface area contributed by atoms with Crippen LogP contribution in [0.2, 0.25) is 5.15 Å². The minimum absolute atomic E-state index is 0.0846. The highest BCUT2D eigenvalue weighted by Crippen LogP contribution is 2.35. The van der Waals surface area contributed by atoms with Gasteiger partial charge in [0, 0.05) is 17.3 Å². The number of rotatable bonds is 6. The predicted molar refractivity (Wildman–Crippen MR) is 109 cm³/mol. The number of hydrogen-bond donors (Lipinski definition) is 1. The van der Waals surface area contributed by atoms with Crippen LogP contribution in [0.1, 0.15) is 11.1 Å². The summed E-state index contributed by atoms with van der Waals surface area (Å²) in [5.74, 6) is 0.382. The number of benzene rings is 2. The number of aromatic nitrogens is 3. The molecule has 148 valence electrons. The third kappa shape index (κ3) is 4.24. The van der Waals surface area contributed by atoms with Gasteiger partial charge in [-0.3, -0.25) is 5.10 Å². The van der Waals surface area contributed by atoms with Gasteiger partial charge in [0.05, 0.1) is 17.8 Å². The zero-order valence-corrected chi connectivity index (χ0v) is 16.2. The van der Waals surface area contributed by atoms with Crippen molar-refractivity contribution in [2.24, 2.45) is 0 Å². The number of nitrogens with zero attached hydrogens (tertiary/aromatic N) is 3. The molecule has 1 N–H and O–H groups in total.